The van der Waals surface area contributed by atoms with Gasteiger partial charge in [0, 0.05) is 41.8 Å². The Morgan fingerprint density at radius 3 is 2.95 bits per heavy atom. The number of fused-ring (bicyclic) bond motifs is 1. The number of hydrogen-bond donors (Lipinski definition) is 1. The van der Waals surface area contributed by atoms with Crippen molar-refractivity contribution in [2.75, 3.05) is 7.11 Å². The maximum atomic E-state index is 11.8. The number of rotatable bonds is 4. The molecule has 1 saturated carbocycles. The average Bonchev–Trinajstić information content (AvgIpc) is 2.91. The lowest BCUT2D eigenvalue weighted by Crippen LogP contribution is -2.15. The molecule has 1 aromatic heterocycles. The summed E-state index contributed by atoms with van der Waals surface area (Å²) in [6.07, 6.45) is 4.31. The summed E-state index contributed by atoms with van der Waals surface area (Å²) in [4.78, 5) is 26.8. The van der Waals surface area contributed by atoms with Crippen LogP contribution >= 0.6 is 0 Å². The van der Waals surface area contributed by atoms with Gasteiger partial charge in [-0.25, -0.2) is 0 Å². The number of ether oxygens (including phenoxy) is 1. The molecule has 0 amide bonds. The summed E-state index contributed by atoms with van der Waals surface area (Å²) in [7, 11) is 1.41. The molecule has 0 bridgehead atoms. The molecule has 2 aromatic rings. The van der Waals surface area contributed by atoms with Crippen LogP contribution in [0.15, 0.2) is 24.3 Å². The fraction of sp³-hybridized carbons (Fsp3) is 0.444. The van der Waals surface area contributed by atoms with Crippen molar-refractivity contribution in [3.8, 4) is 0 Å². The first-order valence-corrected chi connectivity index (χ1v) is 7.87. The summed E-state index contributed by atoms with van der Waals surface area (Å²) < 4.78 is 4.76. The molecule has 4 heteroatoms. The van der Waals surface area contributed by atoms with Crippen LogP contribution in [0.4, 0.5) is 0 Å². The number of methoxy groups -OCH3 is 1. The third-order valence-electron chi connectivity index (χ3n) is 4.54. The van der Waals surface area contributed by atoms with Crippen LogP contribution < -0.4 is 0 Å². The van der Waals surface area contributed by atoms with Crippen LogP contribution in [0.25, 0.3) is 10.9 Å². The number of aromatic nitrogens is 1. The van der Waals surface area contributed by atoms with Gasteiger partial charge in [-0.1, -0.05) is 18.2 Å². The topological polar surface area (TPSA) is 59.2 Å². The van der Waals surface area contributed by atoms with Crippen molar-refractivity contribution in [3.63, 3.8) is 0 Å². The smallest absolute Gasteiger partial charge is 0.305 e. The van der Waals surface area contributed by atoms with E-state index in [4.69, 9.17) is 4.74 Å². The summed E-state index contributed by atoms with van der Waals surface area (Å²) in [6.45, 7) is 0. The third kappa shape index (κ3) is 2.91. The highest BCUT2D eigenvalue weighted by molar-refractivity contribution is 5.86. The van der Waals surface area contributed by atoms with E-state index in [9.17, 15) is 9.59 Å². The lowest BCUT2D eigenvalue weighted by Gasteiger charge is -2.21. The minimum Gasteiger partial charge on any atom is -0.469 e. The van der Waals surface area contributed by atoms with Gasteiger partial charge in [0.25, 0.3) is 0 Å². The van der Waals surface area contributed by atoms with E-state index in [1.807, 2.05) is 18.2 Å². The summed E-state index contributed by atoms with van der Waals surface area (Å²) in [5, 5.41) is 1.15. The number of para-hydroxylation sites is 1. The Kier molecular flexibility index (Phi) is 4.27. The van der Waals surface area contributed by atoms with Gasteiger partial charge in [0.2, 0.25) is 0 Å². The number of benzene rings is 1. The summed E-state index contributed by atoms with van der Waals surface area (Å²) in [5.74, 6) is 0.395. The molecule has 1 atom stereocenters. The zero-order valence-corrected chi connectivity index (χ0v) is 12.9. The Morgan fingerprint density at radius 2 is 2.18 bits per heavy atom. The van der Waals surface area contributed by atoms with Gasteiger partial charge < -0.3 is 9.72 Å². The lowest BCUT2D eigenvalue weighted by molar-refractivity contribution is -0.140. The van der Waals surface area contributed by atoms with Crippen LogP contribution in [0.3, 0.4) is 0 Å². The van der Waals surface area contributed by atoms with Gasteiger partial charge >= 0.3 is 5.97 Å². The molecule has 1 unspecified atom stereocenters. The molecule has 1 N–H and O–H groups in total. The first kappa shape index (κ1) is 14.8. The van der Waals surface area contributed by atoms with E-state index in [1.165, 1.54) is 12.7 Å². The minimum absolute atomic E-state index is 0.198. The highest BCUT2D eigenvalue weighted by Gasteiger charge is 2.25. The summed E-state index contributed by atoms with van der Waals surface area (Å²) in [6, 6.07) is 8.13. The van der Waals surface area contributed by atoms with Gasteiger partial charge in [-0.2, -0.15) is 0 Å². The number of Topliss-reactive ketones (excluding diaryl/α,β-unsaturated/α-hetero) is 1. The van der Waals surface area contributed by atoms with Crippen molar-refractivity contribution < 1.29 is 14.3 Å². The highest BCUT2D eigenvalue weighted by Crippen LogP contribution is 2.36. The number of hydrogen-bond acceptors (Lipinski definition) is 3. The number of nitrogens with one attached hydrogen (secondary N) is 1. The molecular formula is C18H21NO3. The van der Waals surface area contributed by atoms with E-state index in [0.29, 0.717) is 31.5 Å². The third-order valence-corrected chi connectivity index (χ3v) is 4.54. The second kappa shape index (κ2) is 6.34. The molecule has 0 radical (unpaired) electrons. The van der Waals surface area contributed by atoms with Crippen LogP contribution in [0.2, 0.25) is 0 Å². The monoisotopic (exact) mass is 299 g/mol. The van der Waals surface area contributed by atoms with Gasteiger partial charge in [0.15, 0.2) is 0 Å². The number of carbonyl (C=O) groups is 2. The molecule has 3 rings (SSSR count). The van der Waals surface area contributed by atoms with E-state index in [1.54, 1.807) is 0 Å². The molecule has 116 valence electrons. The van der Waals surface area contributed by atoms with Gasteiger partial charge in [-0.15, -0.1) is 0 Å². The zero-order valence-electron chi connectivity index (χ0n) is 12.9. The molecule has 1 aliphatic carbocycles. The molecule has 1 fully saturated rings. The lowest BCUT2D eigenvalue weighted by atomic mass is 9.84. The van der Waals surface area contributed by atoms with Gasteiger partial charge in [0.05, 0.1) is 7.11 Å². The van der Waals surface area contributed by atoms with Crippen molar-refractivity contribution in [3.05, 3.63) is 35.5 Å². The quantitative estimate of drug-likeness (QED) is 0.879. The van der Waals surface area contributed by atoms with E-state index in [0.717, 1.165) is 29.4 Å². The van der Waals surface area contributed by atoms with Gasteiger partial charge in [-0.3, -0.25) is 9.59 Å². The van der Waals surface area contributed by atoms with E-state index in [2.05, 4.69) is 11.1 Å². The SMILES string of the molecule is COC(=O)CCc1c(C2CCCC(=O)C2)[nH]c2ccccc12. The molecule has 1 aliphatic rings. The Hall–Kier alpha value is -2.10. The maximum Gasteiger partial charge on any atom is 0.305 e. The number of aromatic amines is 1. The minimum atomic E-state index is -0.198. The molecule has 4 nitrogen and oxygen atoms in total. The first-order valence-electron chi connectivity index (χ1n) is 7.87. The Balaban J connectivity index is 1.96. The Bertz CT molecular complexity index is 701. The molecule has 1 heterocycles. The fourth-order valence-corrected chi connectivity index (χ4v) is 3.44. The highest BCUT2D eigenvalue weighted by atomic mass is 16.5. The van der Waals surface area contributed by atoms with Crippen molar-refractivity contribution >= 4 is 22.7 Å². The summed E-state index contributed by atoms with van der Waals surface area (Å²) in [5.41, 5.74) is 3.38. The van der Waals surface area contributed by atoms with Crippen LogP contribution in [-0.4, -0.2) is 23.8 Å². The van der Waals surface area contributed by atoms with E-state index < -0.39 is 0 Å². The normalized spacial score (nSPS) is 18.6. The number of aryl methyl sites for hydroxylation is 1. The van der Waals surface area contributed by atoms with Crippen molar-refractivity contribution in [2.45, 2.75) is 44.4 Å². The molecule has 0 spiro atoms. The molecular weight excluding hydrogens is 278 g/mol. The van der Waals surface area contributed by atoms with Crippen molar-refractivity contribution in [1.29, 1.82) is 0 Å². The van der Waals surface area contributed by atoms with Crippen LogP contribution in [0.1, 0.15) is 49.3 Å². The van der Waals surface area contributed by atoms with Crippen molar-refractivity contribution in [1.82, 2.24) is 4.98 Å². The van der Waals surface area contributed by atoms with Gasteiger partial charge in [0.1, 0.15) is 5.78 Å². The van der Waals surface area contributed by atoms with Crippen LogP contribution in [-0.2, 0) is 20.7 Å². The number of carbonyl (C=O) groups excluding carboxylic acids is 2. The zero-order chi connectivity index (χ0) is 15.5. The number of ketones is 1. The number of esters is 1. The number of H-pyrrole nitrogens is 1. The standard InChI is InChI=1S/C18H21NO3/c1-22-17(21)10-9-15-14-7-2-3-8-16(14)19-18(15)12-5-4-6-13(20)11-12/h2-3,7-8,12,19H,4-6,9-11H2,1H3. The van der Waals surface area contributed by atoms with E-state index in [-0.39, 0.29) is 11.9 Å². The van der Waals surface area contributed by atoms with Crippen LogP contribution in [0, 0.1) is 0 Å². The predicted octanol–water partition coefficient (Wildman–Crippen LogP) is 3.50. The average molecular weight is 299 g/mol. The molecule has 22 heavy (non-hydrogen) atoms. The second-order valence-electron chi connectivity index (χ2n) is 5.97. The molecule has 0 saturated heterocycles. The Labute approximate surface area is 129 Å². The fourth-order valence-electron chi connectivity index (χ4n) is 3.44. The second-order valence-corrected chi connectivity index (χ2v) is 5.97. The van der Waals surface area contributed by atoms with Gasteiger partial charge in [-0.05, 0) is 30.9 Å². The Morgan fingerprint density at radius 1 is 1.36 bits per heavy atom. The summed E-state index contributed by atoms with van der Waals surface area (Å²) >= 11 is 0. The largest absolute Gasteiger partial charge is 0.469 e. The van der Waals surface area contributed by atoms with Crippen molar-refractivity contribution in [2.24, 2.45) is 0 Å². The maximum absolute atomic E-state index is 11.8. The van der Waals surface area contributed by atoms with Crippen LogP contribution in [0.5, 0.6) is 0 Å². The molecule has 1 aromatic carbocycles. The predicted molar refractivity (Wildman–Crippen MR) is 84.9 cm³/mol. The molecule has 0 aliphatic heterocycles. The van der Waals surface area contributed by atoms with E-state index >= 15 is 0 Å². The first-order chi connectivity index (χ1) is 10.7.